The molecule has 0 amide bonds. The van der Waals surface area contributed by atoms with Gasteiger partial charge in [-0.05, 0) is 54.8 Å². The van der Waals surface area contributed by atoms with Gasteiger partial charge in [0.05, 0.1) is 11.7 Å². The van der Waals surface area contributed by atoms with Crippen LogP contribution in [0.3, 0.4) is 0 Å². The molecule has 2 aromatic rings. The van der Waals surface area contributed by atoms with Crippen molar-refractivity contribution in [1.82, 2.24) is 0 Å². The molecule has 3 rings (SSSR count). The van der Waals surface area contributed by atoms with Gasteiger partial charge in [-0.2, -0.15) is 0 Å². The highest BCUT2D eigenvalue weighted by Gasteiger charge is 2.18. The number of benzene rings is 2. The monoisotopic (exact) mass is 386 g/mol. The maximum Gasteiger partial charge on any atom is 0.338 e. The fourth-order valence-corrected chi connectivity index (χ4v) is 2.80. The highest BCUT2D eigenvalue weighted by Crippen LogP contribution is 2.18. The van der Waals surface area contributed by atoms with Gasteiger partial charge < -0.3 is 14.2 Å². The van der Waals surface area contributed by atoms with Crippen molar-refractivity contribution in [3.8, 4) is 5.75 Å². The first-order valence-electron chi connectivity index (χ1n) is 8.65. The van der Waals surface area contributed by atoms with Crippen LogP contribution < -0.4 is 4.74 Å². The van der Waals surface area contributed by atoms with E-state index in [1.54, 1.807) is 42.5 Å². The molecule has 1 saturated heterocycles. The second-order valence-corrected chi connectivity index (χ2v) is 6.44. The topological polar surface area (TPSA) is 61.8 Å². The summed E-state index contributed by atoms with van der Waals surface area (Å²) in [5, 5.41) is 0.549. The summed E-state index contributed by atoms with van der Waals surface area (Å²) < 4.78 is 15.9. The lowest BCUT2D eigenvalue weighted by atomic mass is 10.2. The van der Waals surface area contributed by atoms with Crippen molar-refractivity contribution in [1.29, 1.82) is 0 Å². The zero-order valence-electron chi connectivity index (χ0n) is 14.6. The van der Waals surface area contributed by atoms with Crippen molar-refractivity contribution >= 4 is 29.6 Å². The van der Waals surface area contributed by atoms with Crippen LogP contribution in [0.1, 0.15) is 28.8 Å². The Hall–Kier alpha value is -2.63. The van der Waals surface area contributed by atoms with E-state index >= 15 is 0 Å². The van der Waals surface area contributed by atoms with E-state index in [2.05, 4.69) is 0 Å². The fourth-order valence-electron chi connectivity index (χ4n) is 2.61. The van der Waals surface area contributed by atoms with E-state index < -0.39 is 11.9 Å². The van der Waals surface area contributed by atoms with E-state index in [0.717, 1.165) is 18.4 Å². The lowest BCUT2D eigenvalue weighted by Crippen LogP contribution is -2.17. The lowest BCUT2D eigenvalue weighted by molar-refractivity contribution is -0.128. The van der Waals surface area contributed by atoms with Crippen LogP contribution in [0.4, 0.5) is 0 Å². The predicted octanol–water partition coefficient (Wildman–Crippen LogP) is 4.29. The van der Waals surface area contributed by atoms with Crippen molar-refractivity contribution in [2.24, 2.45) is 0 Å². The molecule has 140 valence electrons. The van der Waals surface area contributed by atoms with E-state index in [9.17, 15) is 9.59 Å². The second kappa shape index (κ2) is 9.35. The Labute approximate surface area is 162 Å². The van der Waals surface area contributed by atoms with Gasteiger partial charge in [-0.15, -0.1) is 0 Å². The zero-order valence-corrected chi connectivity index (χ0v) is 15.4. The van der Waals surface area contributed by atoms with Gasteiger partial charge in [-0.1, -0.05) is 29.8 Å². The number of hydrogen-bond donors (Lipinski definition) is 0. The van der Waals surface area contributed by atoms with E-state index in [1.165, 1.54) is 6.08 Å². The molecule has 1 unspecified atom stereocenters. The molecular formula is C21H19ClO5. The van der Waals surface area contributed by atoms with Crippen molar-refractivity contribution in [2.75, 3.05) is 13.2 Å². The third-order valence-corrected chi connectivity index (χ3v) is 4.38. The van der Waals surface area contributed by atoms with Crippen LogP contribution >= 0.6 is 11.6 Å². The summed E-state index contributed by atoms with van der Waals surface area (Å²) in [6, 6.07) is 13.4. The van der Waals surface area contributed by atoms with Crippen LogP contribution in [0, 0.1) is 0 Å². The van der Waals surface area contributed by atoms with Gasteiger partial charge in [-0.3, -0.25) is 0 Å². The first kappa shape index (κ1) is 19.1. The number of rotatable bonds is 6. The summed E-state index contributed by atoms with van der Waals surface area (Å²) in [6.45, 7) is 0.968. The van der Waals surface area contributed by atoms with Crippen LogP contribution in [0.15, 0.2) is 54.6 Å². The van der Waals surface area contributed by atoms with Crippen LogP contribution in [-0.2, 0) is 14.3 Å². The Kier molecular flexibility index (Phi) is 6.63. The van der Waals surface area contributed by atoms with Crippen molar-refractivity contribution in [3.05, 3.63) is 70.8 Å². The van der Waals surface area contributed by atoms with E-state index in [1.807, 2.05) is 12.1 Å². The number of hydrogen-bond acceptors (Lipinski definition) is 5. The molecular weight excluding hydrogens is 368 g/mol. The summed E-state index contributed by atoms with van der Waals surface area (Å²) in [4.78, 5) is 23.9. The van der Waals surface area contributed by atoms with Gasteiger partial charge in [0.1, 0.15) is 12.4 Å². The van der Waals surface area contributed by atoms with Crippen molar-refractivity contribution in [3.63, 3.8) is 0 Å². The molecule has 1 heterocycles. The van der Waals surface area contributed by atoms with Crippen LogP contribution in [0.2, 0.25) is 5.02 Å². The number of halogens is 1. The van der Waals surface area contributed by atoms with E-state index in [4.69, 9.17) is 25.8 Å². The van der Waals surface area contributed by atoms with Crippen LogP contribution in [-0.4, -0.2) is 31.3 Å². The SMILES string of the molecule is O=C(/C=C/c1ccccc1Cl)Oc1ccc(C(=O)OCC2CCCO2)cc1. The number of ether oxygens (including phenoxy) is 3. The Morgan fingerprint density at radius 1 is 1.15 bits per heavy atom. The maximum atomic E-state index is 12.0. The standard InChI is InChI=1S/C21H19ClO5/c22-19-6-2-1-4-15(19)9-12-20(23)27-17-10-7-16(8-11-17)21(24)26-14-18-5-3-13-25-18/h1-2,4,6-12,18H,3,5,13-14H2/b12-9+. The number of carbonyl (C=O) groups is 2. The van der Waals surface area contributed by atoms with E-state index in [-0.39, 0.29) is 12.7 Å². The van der Waals surface area contributed by atoms with Gasteiger partial charge in [-0.25, -0.2) is 9.59 Å². The third kappa shape index (κ3) is 5.67. The summed E-state index contributed by atoms with van der Waals surface area (Å²) in [5.74, 6) is -0.634. The molecule has 1 aliphatic heterocycles. The molecule has 1 atom stereocenters. The Bertz CT molecular complexity index is 823. The van der Waals surface area contributed by atoms with Crippen molar-refractivity contribution < 1.29 is 23.8 Å². The molecule has 0 aromatic heterocycles. The van der Waals surface area contributed by atoms with Crippen LogP contribution in [0.5, 0.6) is 5.75 Å². The summed E-state index contributed by atoms with van der Waals surface area (Å²) in [5.41, 5.74) is 1.11. The predicted molar refractivity (Wildman–Crippen MR) is 102 cm³/mol. The molecule has 27 heavy (non-hydrogen) atoms. The van der Waals surface area contributed by atoms with Gasteiger partial charge in [0, 0.05) is 17.7 Å². The first-order valence-corrected chi connectivity index (χ1v) is 9.03. The highest BCUT2D eigenvalue weighted by molar-refractivity contribution is 6.32. The molecule has 6 heteroatoms. The highest BCUT2D eigenvalue weighted by atomic mass is 35.5. The Balaban J connectivity index is 1.51. The first-order chi connectivity index (χ1) is 13.1. The molecule has 0 spiro atoms. The van der Waals surface area contributed by atoms with Crippen LogP contribution in [0.25, 0.3) is 6.08 Å². The normalized spacial score (nSPS) is 16.4. The van der Waals surface area contributed by atoms with Gasteiger partial charge >= 0.3 is 11.9 Å². The molecule has 1 aliphatic rings. The zero-order chi connectivity index (χ0) is 19.1. The Morgan fingerprint density at radius 3 is 2.63 bits per heavy atom. The van der Waals surface area contributed by atoms with Crippen molar-refractivity contribution in [2.45, 2.75) is 18.9 Å². The fraction of sp³-hybridized carbons (Fsp3) is 0.238. The number of carbonyl (C=O) groups excluding carboxylic acids is 2. The minimum absolute atomic E-state index is 0.0147. The maximum absolute atomic E-state index is 12.0. The molecule has 1 fully saturated rings. The lowest BCUT2D eigenvalue weighted by Gasteiger charge is -2.10. The molecule has 0 aliphatic carbocycles. The summed E-state index contributed by atoms with van der Waals surface area (Å²) in [7, 11) is 0. The third-order valence-electron chi connectivity index (χ3n) is 4.04. The minimum Gasteiger partial charge on any atom is -0.459 e. The minimum atomic E-state index is -0.538. The van der Waals surface area contributed by atoms with E-state index in [0.29, 0.717) is 22.9 Å². The largest absolute Gasteiger partial charge is 0.459 e. The molecule has 0 radical (unpaired) electrons. The molecule has 5 nitrogen and oxygen atoms in total. The summed E-state index contributed by atoms with van der Waals surface area (Å²) in [6.07, 6.45) is 4.77. The van der Waals surface area contributed by atoms with Gasteiger partial charge in [0.15, 0.2) is 0 Å². The average molecular weight is 387 g/mol. The molecule has 0 saturated carbocycles. The quantitative estimate of drug-likeness (QED) is 0.421. The second-order valence-electron chi connectivity index (χ2n) is 6.03. The summed E-state index contributed by atoms with van der Waals surface area (Å²) >= 11 is 6.03. The molecule has 0 N–H and O–H groups in total. The molecule has 2 aromatic carbocycles. The molecule has 0 bridgehead atoms. The Morgan fingerprint density at radius 2 is 1.93 bits per heavy atom. The average Bonchev–Trinajstić information content (AvgIpc) is 3.20. The smallest absolute Gasteiger partial charge is 0.338 e. The number of esters is 2. The van der Waals surface area contributed by atoms with Gasteiger partial charge in [0.25, 0.3) is 0 Å². The van der Waals surface area contributed by atoms with Gasteiger partial charge in [0.2, 0.25) is 0 Å².